The Hall–Kier alpha value is -1.31. The molecular weight excluding hydrogens is 364 g/mol. The van der Waals surface area contributed by atoms with Gasteiger partial charge in [-0.3, -0.25) is 9.00 Å². The molecule has 2 atom stereocenters. The molecule has 2 heterocycles. The fourth-order valence-electron chi connectivity index (χ4n) is 2.91. The van der Waals surface area contributed by atoms with Crippen molar-refractivity contribution in [1.82, 2.24) is 10.6 Å². The third-order valence-corrected chi connectivity index (χ3v) is 5.63. The van der Waals surface area contributed by atoms with Gasteiger partial charge in [-0.2, -0.15) is 0 Å². The Kier molecular flexibility index (Phi) is 7.99. The Morgan fingerprint density at radius 3 is 2.84 bits per heavy atom. The van der Waals surface area contributed by atoms with Crippen LogP contribution in [0, 0.1) is 5.92 Å². The van der Waals surface area contributed by atoms with E-state index >= 15 is 0 Å². The maximum absolute atomic E-state index is 12.4. The summed E-state index contributed by atoms with van der Waals surface area (Å²) >= 11 is 0. The van der Waals surface area contributed by atoms with Gasteiger partial charge in [0.1, 0.15) is 13.2 Å². The molecule has 8 heteroatoms. The first-order valence-electron chi connectivity index (χ1n) is 8.48. The molecule has 0 radical (unpaired) electrons. The summed E-state index contributed by atoms with van der Waals surface area (Å²) in [5.74, 6) is 2.09. The van der Waals surface area contributed by atoms with Crippen molar-refractivity contribution in [1.29, 1.82) is 0 Å². The van der Waals surface area contributed by atoms with Gasteiger partial charge in [-0.05, 0) is 44.0 Å². The lowest BCUT2D eigenvalue weighted by Crippen LogP contribution is -2.38. The molecule has 140 valence electrons. The molecule has 2 aliphatic heterocycles. The number of hydrogen-bond acceptors (Lipinski definition) is 5. The first kappa shape index (κ1) is 20.0. The van der Waals surface area contributed by atoms with Gasteiger partial charge in [-0.25, -0.2) is 0 Å². The van der Waals surface area contributed by atoms with E-state index in [2.05, 4.69) is 10.6 Å². The van der Waals surface area contributed by atoms with Crippen molar-refractivity contribution in [3.63, 3.8) is 0 Å². The first-order valence-corrected chi connectivity index (χ1v) is 9.80. The smallest absolute Gasteiger partial charge is 0.220 e. The maximum Gasteiger partial charge on any atom is 0.220 e. The van der Waals surface area contributed by atoms with E-state index in [1.165, 1.54) is 0 Å². The molecule has 1 aromatic rings. The number of amides is 1. The second-order valence-electron chi connectivity index (χ2n) is 6.12. The summed E-state index contributed by atoms with van der Waals surface area (Å²) in [5, 5.41) is 6.28. The molecular formula is C17H25ClN2O4S. The van der Waals surface area contributed by atoms with Crippen molar-refractivity contribution in [3.05, 3.63) is 18.2 Å². The zero-order valence-electron chi connectivity index (χ0n) is 14.1. The van der Waals surface area contributed by atoms with E-state index in [1.807, 2.05) is 0 Å². The zero-order valence-corrected chi connectivity index (χ0v) is 15.8. The van der Waals surface area contributed by atoms with Crippen molar-refractivity contribution < 1.29 is 18.5 Å². The second-order valence-corrected chi connectivity index (χ2v) is 7.69. The molecule has 0 bridgehead atoms. The SMILES string of the molecule is Cl.O=C(CCS(=O)c1ccc2c(c1)OCCO2)NCC1CCCNC1. The summed E-state index contributed by atoms with van der Waals surface area (Å²) in [5.41, 5.74) is 0. The number of piperidine rings is 1. The maximum atomic E-state index is 12.4. The van der Waals surface area contributed by atoms with Gasteiger partial charge in [0.2, 0.25) is 5.91 Å². The predicted molar refractivity (Wildman–Crippen MR) is 99.2 cm³/mol. The summed E-state index contributed by atoms with van der Waals surface area (Å²) in [7, 11) is -1.22. The number of rotatable bonds is 6. The lowest BCUT2D eigenvalue weighted by molar-refractivity contribution is -0.120. The van der Waals surface area contributed by atoms with Crippen LogP contribution in [0.3, 0.4) is 0 Å². The molecule has 1 fully saturated rings. The number of halogens is 1. The highest BCUT2D eigenvalue weighted by Crippen LogP contribution is 2.31. The molecule has 0 aliphatic carbocycles. The lowest BCUT2D eigenvalue weighted by Gasteiger charge is -2.22. The quantitative estimate of drug-likeness (QED) is 0.772. The number of fused-ring (bicyclic) bond motifs is 1. The Morgan fingerprint density at radius 2 is 2.08 bits per heavy atom. The molecule has 3 rings (SSSR count). The van der Waals surface area contributed by atoms with E-state index in [-0.39, 0.29) is 24.7 Å². The number of benzene rings is 1. The highest BCUT2D eigenvalue weighted by Gasteiger charge is 2.16. The number of carbonyl (C=O) groups excluding carboxylic acids is 1. The molecule has 0 spiro atoms. The van der Waals surface area contributed by atoms with Crippen molar-refractivity contribution in [2.24, 2.45) is 5.92 Å². The van der Waals surface area contributed by atoms with E-state index in [0.29, 0.717) is 47.8 Å². The molecule has 6 nitrogen and oxygen atoms in total. The van der Waals surface area contributed by atoms with Crippen LogP contribution in [0.5, 0.6) is 11.5 Å². The summed E-state index contributed by atoms with van der Waals surface area (Å²) in [6.07, 6.45) is 2.58. The highest BCUT2D eigenvalue weighted by atomic mass is 35.5. The molecule has 1 aromatic carbocycles. The molecule has 1 saturated heterocycles. The molecule has 0 aromatic heterocycles. The Morgan fingerprint density at radius 1 is 1.28 bits per heavy atom. The summed E-state index contributed by atoms with van der Waals surface area (Å²) in [4.78, 5) is 12.6. The number of hydrogen-bond donors (Lipinski definition) is 2. The average Bonchev–Trinajstić information content (AvgIpc) is 2.65. The standard InChI is InChI=1S/C17H24N2O4S.ClH/c20-17(19-12-13-2-1-6-18-11-13)5-9-24(21)14-3-4-15-16(10-14)23-8-7-22-15;/h3-4,10,13,18H,1-2,5-9,11-12H2,(H,19,20);1H. The van der Waals surface area contributed by atoms with Gasteiger partial charge in [0.05, 0.1) is 10.8 Å². The van der Waals surface area contributed by atoms with Gasteiger partial charge >= 0.3 is 0 Å². The Labute approximate surface area is 156 Å². The fraction of sp³-hybridized carbons (Fsp3) is 0.588. The predicted octanol–water partition coefficient (Wildman–Crippen LogP) is 1.49. The van der Waals surface area contributed by atoms with Gasteiger partial charge in [-0.1, -0.05) is 0 Å². The summed E-state index contributed by atoms with van der Waals surface area (Å²) in [6.45, 7) is 3.76. The number of ether oxygens (including phenoxy) is 2. The molecule has 0 saturated carbocycles. The minimum atomic E-state index is -1.22. The van der Waals surface area contributed by atoms with Crippen LogP contribution in [0.1, 0.15) is 19.3 Å². The Balaban J connectivity index is 0.00000225. The molecule has 1 amide bonds. The van der Waals surface area contributed by atoms with E-state index in [9.17, 15) is 9.00 Å². The van der Waals surface area contributed by atoms with Gasteiger partial charge in [-0.15, -0.1) is 12.4 Å². The van der Waals surface area contributed by atoms with Crippen LogP contribution in [-0.4, -0.2) is 48.7 Å². The zero-order chi connectivity index (χ0) is 16.8. The van der Waals surface area contributed by atoms with Gasteiger partial charge in [0.15, 0.2) is 11.5 Å². The summed E-state index contributed by atoms with van der Waals surface area (Å²) < 4.78 is 23.3. The van der Waals surface area contributed by atoms with Crippen LogP contribution in [0.15, 0.2) is 23.1 Å². The van der Waals surface area contributed by atoms with E-state index in [1.54, 1.807) is 18.2 Å². The Bertz CT molecular complexity index is 608. The monoisotopic (exact) mass is 388 g/mol. The molecule has 2 unspecified atom stereocenters. The highest BCUT2D eigenvalue weighted by molar-refractivity contribution is 7.85. The van der Waals surface area contributed by atoms with Crippen LogP contribution >= 0.6 is 12.4 Å². The van der Waals surface area contributed by atoms with Gasteiger partial charge in [0.25, 0.3) is 0 Å². The topological polar surface area (TPSA) is 76.7 Å². The van der Waals surface area contributed by atoms with Crippen LogP contribution in [-0.2, 0) is 15.6 Å². The van der Waals surface area contributed by atoms with Crippen molar-refractivity contribution in [2.45, 2.75) is 24.2 Å². The number of carbonyl (C=O) groups is 1. The van der Waals surface area contributed by atoms with Crippen molar-refractivity contribution >= 4 is 29.1 Å². The molecule has 2 aliphatic rings. The first-order chi connectivity index (χ1) is 11.7. The van der Waals surface area contributed by atoms with E-state index in [0.717, 1.165) is 25.9 Å². The van der Waals surface area contributed by atoms with Crippen molar-refractivity contribution in [3.8, 4) is 11.5 Å². The minimum absolute atomic E-state index is 0. The fourth-order valence-corrected chi connectivity index (χ4v) is 3.98. The third kappa shape index (κ3) is 5.87. The van der Waals surface area contributed by atoms with Crippen LogP contribution in [0.25, 0.3) is 0 Å². The minimum Gasteiger partial charge on any atom is -0.486 e. The van der Waals surface area contributed by atoms with Gasteiger partial charge in [0, 0.05) is 29.7 Å². The van der Waals surface area contributed by atoms with Crippen molar-refractivity contribution in [2.75, 3.05) is 38.6 Å². The lowest BCUT2D eigenvalue weighted by atomic mass is 10.00. The normalized spacial score (nSPS) is 20.2. The van der Waals surface area contributed by atoms with Crippen LogP contribution in [0.4, 0.5) is 0 Å². The van der Waals surface area contributed by atoms with Crippen LogP contribution < -0.4 is 20.1 Å². The number of nitrogens with one attached hydrogen (secondary N) is 2. The largest absolute Gasteiger partial charge is 0.486 e. The average molecular weight is 389 g/mol. The summed E-state index contributed by atoms with van der Waals surface area (Å²) in [6, 6.07) is 5.29. The van der Waals surface area contributed by atoms with E-state index < -0.39 is 10.8 Å². The second kappa shape index (κ2) is 9.99. The van der Waals surface area contributed by atoms with Crippen LogP contribution in [0.2, 0.25) is 0 Å². The third-order valence-electron chi connectivity index (χ3n) is 4.28. The van der Waals surface area contributed by atoms with E-state index in [4.69, 9.17) is 9.47 Å². The molecule has 25 heavy (non-hydrogen) atoms. The van der Waals surface area contributed by atoms with Gasteiger partial charge < -0.3 is 20.1 Å². The molecule has 2 N–H and O–H groups in total.